The third-order valence-corrected chi connectivity index (χ3v) is 7.04. The summed E-state index contributed by atoms with van der Waals surface area (Å²) in [5.74, 6) is -0.397. The molecule has 0 bridgehead atoms. The number of carbonyl (C=O) groups is 2. The molecule has 0 spiro atoms. The Morgan fingerprint density at radius 2 is 1.61 bits per heavy atom. The van der Waals surface area contributed by atoms with Gasteiger partial charge in [-0.15, -0.1) is 0 Å². The number of aryl methyl sites for hydroxylation is 2. The summed E-state index contributed by atoms with van der Waals surface area (Å²) in [7, 11) is 0. The molecule has 1 saturated heterocycles. The minimum Gasteiger partial charge on any atom is -0.268 e. The normalized spacial score (nSPS) is 14.8. The Kier molecular flexibility index (Phi) is 6.67. The molecule has 8 heteroatoms. The van der Waals surface area contributed by atoms with Crippen LogP contribution < -0.4 is 0 Å². The highest BCUT2D eigenvalue weighted by Gasteiger charge is 2.35. The van der Waals surface area contributed by atoms with Crippen molar-refractivity contribution in [3.05, 3.63) is 104 Å². The fourth-order valence-electron chi connectivity index (χ4n) is 3.25. The van der Waals surface area contributed by atoms with E-state index in [9.17, 15) is 19.7 Å². The topological polar surface area (TPSA) is 80.5 Å². The van der Waals surface area contributed by atoms with Crippen LogP contribution in [0.5, 0.6) is 0 Å². The van der Waals surface area contributed by atoms with Crippen LogP contribution in [0.4, 0.5) is 10.5 Å². The monoisotopic (exact) mass is 476 g/mol. The molecule has 3 aromatic carbocycles. The molecule has 1 aliphatic heterocycles. The predicted molar refractivity (Wildman–Crippen MR) is 131 cm³/mol. The highest BCUT2D eigenvalue weighted by molar-refractivity contribution is 8.18. The van der Waals surface area contributed by atoms with Crippen molar-refractivity contribution in [1.82, 2.24) is 4.90 Å². The first kappa shape index (κ1) is 22.8. The van der Waals surface area contributed by atoms with Gasteiger partial charge in [0.2, 0.25) is 0 Å². The molecule has 166 valence electrons. The zero-order chi connectivity index (χ0) is 23.5. The first-order chi connectivity index (χ1) is 15.8. The number of nitro benzene ring substituents is 1. The zero-order valence-corrected chi connectivity index (χ0v) is 19.6. The lowest BCUT2D eigenvalue weighted by molar-refractivity contribution is -0.387. The van der Waals surface area contributed by atoms with Gasteiger partial charge in [0.1, 0.15) is 0 Å². The number of thioether (sulfide) groups is 1. The van der Waals surface area contributed by atoms with E-state index in [4.69, 9.17) is 0 Å². The smallest absolute Gasteiger partial charge is 0.268 e. The van der Waals surface area contributed by atoms with E-state index in [0.717, 1.165) is 33.3 Å². The Bertz CT molecular complexity index is 1270. The number of amides is 2. The summed E-state index contributed by atoms with van der Waals surface area (Å²) in [6.07, 6.45) is 1.54. The van der Waals surface area contributed by atoms with Gasteiger partial charge in [0, 0.05) is 11.0 Å². The molecule has 1 heterocycles. The largest absolute Gasteiger partial charge is 0.293 e. The third kappa shape index (κ3) is 5.35. The molecule has 0 aromatic heterocycles. The minimum absolute atomic E-state index is 0.0480. The molecular formula is C25H20N2O4S2. The van der Waals surface area contributed by atoms with Crippen LogP contribution in [0.25, 0.3) is 6.08 Å². The molecule has 0 N–H and O–H groups in total. The molecule has 33 heavy (non-hydrogen) atoms. The maximum Gasteiger partial charge on any atom is 0.293 e. The van der Waals surface area contributed by atoms with E-state index >= 15 is 0 Å². The molecule has 0 saturated carbocycles. The van der Waals surface area contributed by atoms with Crippen molar-refractivity contribution in [1.29, 1.82) is 0 Å². The Balaban J connectivity index is 1.56. The van der Waals surface area contributed by atoms with Gasteiger partial charge in [0.15, 0.2) is 0 Å². The van der Waals surface area contributed by atoms with Gasteiger partial charge in [-0.05, 0) is 61.0 Å². The van der Waals surface area contributed by atoms with Crippen molar-refractivity contribution >= 4 is 46.4 Å². The van der Waals surface area contributed by atoms with Gasteiger partial charge >= 0.3 is 0 Å². The number of hydrogen-bond donors (Lipinski definition) is 0. The third-order valence-electron chi connectivity index (χ3n) is 5.06. The van der Waals surface area contributed by atoms with Crippen molar-refractivity contribution in [2.75, 3.05) is 0 Å². The lowest BCUT2D eigenvalue weighted by atomic mass is 10.1. The van der Waals surface area contributed by atoms with Gasteiger partial charge in [-0.1, -0.05) is 65.4 Å². The standard InChI is InChI=1S/C25H20N2O4S2/c1-16-3-7-18(8-4-16)15-26-24(28)23(33-25(26)29)14-19-9-12-22(21(13-19)27(30)31)32-20-10-5-17(2)6-11-20/h3-14H,15H2,1-2H3. The average molecular weight is 477 g/mol. The molecule has 3 aromatic rings. The van der Waals surface area contributed by atoms with Crippen LogP contribution in [0, 0.1) is 24.0 Å². The number of nitro groups is 1. The average Bonchev–Trinajstić information content (AvgIpc) is 3.05. The summed E-state index contributed by atoms with van der Waals surface area (Å²) in [6, 6.07) is 20.2. The van der Waals surface area contributed by atoms with Crippen molar-refractivity contribution in [2.24, 2.45) is 0 Å². The molecule has 1 fully saturated rings. The Morgan fingerprint density at radius 3 is 2.24 bits per heavy atom. The Hall–Kier alpha value is -3.36. The number of carbonyl (C=O) groups excluding carboxylic acids is 2. The molecule has 2 amide bonds. The Morgan fingerprint density at radius 1 is 0.970 bits per heavy atom. The summed E-state index contributed by atoms with van der Waals surface area (Å²) in [5.41, 5.74) is 3.51. The lowest BCUT2D eigenvalue weighted by Gasteiger charge is -2.12. The van der Waals surface area contributed by atoms with E-state index in [1.807, 2.05) is 62.4 Å². The fraction of sp³-hybridized carbons (Fsp3) is 0.120. The number of imide groups is 1. The second-order valence-corrected chi connectivity index (χ2v) is 9.76. The fourth-order valence-corrected chi connectivity index (χ4v) is 4.99. The summed E-state index contributed by atoms with van der Waals surface area (Å²) in [4.78, 5) is 39.4. The number of benzene rings is 3. The highest BCUT2D eigenvalue weighted by atomic mass is 32.2. The van der Waals surface area contributed by atoms with E-state index in [2.05, 4.69) is 0 Å². The van der Waals surface area contributed by atoms with Gasteiger partial charge in [-0.25, -0.2) is 0 Å². The molecule has 0 aliphatic carbocycles. The first-order valence-electron chi connectivity index (χ1n) is 10.1. The number of rotatable bonds is 6. The molecule has 1 aliphatic rings. The van der Waals surface area contributed by atoms with Crippen LogP contribution in [0.3, 0.4) is 0 Å². The summed E-state index contributed by atoms with van der Waals surface area (Å²) in [5, 5.41) is 11.3. The maximum atomic E-state index is 12.8. The second-order valence-electron chi connectivity index (χ2n) is 7.65. The molecule has 0 unspecified atom stereocenters. The van der Waals surface area contributed by atoms with Crippen molar-refractivity contribution < 1.29 is 14.5 Å². The van der Waals surface area contributed by atoms with Crippen molar-refractivity contribution in [3.63, 3.8) is 0 Å². The summed E-state index contributed by atoms with van der Waals surface area (Å²) >= 11 is 2.15. The van der Waals surface area contributed by atoms with E-state index in [1.165, 1.54) is 28.8 Å². The summed E-state index contributed by atoms with van der Waals surface area (Å²) < 4.78 is 0. The van der Waals surface area contributed by atoms with Crippen LogP contribution in [0.1, 0.15) is 22.3 Å². The van der Waals surface area contributed by atoms with Crippen molar-refractivity contribution in [3.8, 4) is 0 Å². The van der Waals surface area contributed by atoms with Crippen LogP contribution in [-0.4, -0.2) is 21.0 Å². The highest BCUT2D eigenvalue weighted by Crippen LogP contribution is 2.37. The SMILES string of the molecule is Cc1ccc(CN2C(=O)SC(=Cc3ccc(Sc4ccc(C)cc4)c([N+](=O)[O-])c3)C2=O)cc1. The molecule has 4 rings (SSSR count). The summed E-state index contributed by atoms with van der Waals surface area (Å²) in [6.45, 7) is 4.14. The van der Waals surface area contributed by atoms with Crippen LogP contribution >= 0.6 is 23.5 Å². The van der Waals surface area contributed by atoms with E-state index < -0.39 is 10.8 Å². The van der Waals surface area contributed by atoms with Crippen LogP contribution in [0.2, 0.25) is 0 Å². The molecule has 6 nitrogen and oxygen atoms in total. The number of hydrogen-bond acceptors (Lipinski definition) is 6. The van der Waals surface area contributed by atoms with E-state index in [-0.39, 0.29) is 22.4 Å². The van der Waals surface area contributed by atoms with Gasteiger partial charge < -0.3 is 0 Å². The first-order valence-corrected chi connectivity index (χ1v) is 11.8. The molecular weight excluding hydrogens is 456 g/mol. The maximum absolute atomic E-state index is 12.8. The van der Waals surface area contributed by atoms with Gasteiger partial charge in [-0.2, -0.15) is 0 Å². The van der Waals surface area contributed by atoms with Gasteiger partial charge in [0.05, 0.1) is 21.3 Å². The van der Waals surface area contributed by atoms with Gasteiger partial charge in [-0.3, -0.25) is 24.6 Å². The van der Waals surface area contributed by atoms with E-state index in [1.54, 1.807) is 12.1 Å². The molecule has 0 atom stereocenters. The molecule has 0 radical (unpaired) electrons. The quantitative estimate of drug-likeness (QED) is 0.227. The lowest BCUT2D eigenvalue weighted by Crippen LogP contribution is -2.27. The second kappa shape index (κ2) is 9.64. The van der Waals surface area contributed by atoms with Gasteiger partial charge in [0.25, 0.3) is 16.8 Å². The van der Waals surface area contributed by atoms with Crippen molar-refractivity contribution in [2.45, 2.75) is 30.2 Å². The minimum atomic E-state index is -0.434. The Labute approximate surface area is 199 Å². The van der Waals surface area contributed by atoms with E-state index in [0.29, 0.717) is 10.5 Å². The zero-order valence-electron chi connectivity index (χ0n) is 18.0. The van der Waals surface area contributed by atoms with Crippen LogP contribution in [0.15, 0.2) is 81.4 Å². The predicted octanol–water partition coefficient (Wildman–Crippen LogP) is 6.60. The van der Waals surface area contributed by atoms with Crippen LogP contribution in [-0.2, 0) is 11.3 Å². The number of nitrogens with zero attached hydrogens (tertiary/aromatic N) is 2.